The van der Waals surface area contributed by atoms with Crippen LogP contribution in [0.3, 0.4) is 0 Å². The van der Waals surface area contributed by atoms with Crippen molar-refractivity contribution < 1.29 is 13.2 Å². The Morgan fingerprint density at radius 1 is 1.50 bits per heavy atom. The van der Waals surface area contributed by atoms with E-state index in [1.807, 2.05) is 0 Å². The Kier molecular flexibility index (Phi) is 4.33. The van der Waals surface area contributed by atoms with E-state index in [0.717, 1.165) is 4.31 Å². The van der Waals surface area contributed by atoms with Gasteiger partial charge in [0, 0.05) is 24.7 Å². The molecule has 20 heavy (non-hydrogen) atoms. The Morgan fingerprint density at radius 2 is 2.20 bits per heavy atom. The minimum absolute atomic E-state index is 0.109. The van der Waals surface area contributed by atoms with E-state index in [2.05, 4.69) is 5.32 Å². The van der Waals surface area contributed by atoms with Gasteiger partial charge in [0.15, 0.2) is 0 Å². The summed E-state index contributed by atoms with van der Waals surface area (Å²) in [4.78, 5) is 11.6. The van der Waals surface area contributed by atoms with Gasteiger partial charge in [-0.1, -0.05) is 17.7 Å². The zero-order chi connectivity index (χ0) is 14.9. The number of benzene rings is 1. The minimum atomic E-state index is -3.80. The average Bonchev–Trinajstić information content (AvgIpc) is 2.41. The molecular formula is C12H16ClN3O3S. The molecule has 1 amide bonds. The zero-order valence-corrected chi connectivity index (χ0v) is 12.5. The third-order valence-electron chi connectivity index (χ3n) is 3.33. The first-order chi connectivity index (χ1) is 9.35. The highest BCUT2D eigenvalue weighted by atomic mass is 35.5. The lowest BCUT2D eigenvalue weighted by molar-refractivity contribution is -0.122. The third-order valence-corrected chi connectivity index (χ3v) is 5.79. The summed E-state index contributed by atoms with van der Waals surface area (Å²) in [6.45, 7) is 2.52. The fraction of sp³-hybridized carbons (Fsp3) is 0.417. The fourth-order valence-corrected chi connectivity index (χ4v) is 4.29. The monoisotopic (exact) mass is 317 g/mol. The molecule has 0 saturated carbocycles. The Balaban J connectivity index is 2.48. The van der Waals surface area contributed by atoms with Crippen LogP contribution >= 0.6 is 11.6 Å². The molecule has 1 aromatic rings. The molecule has 0 radical (unpaired) electrons. The van der Waals surface area contributed by atoms with Gasteiger partial charge in [0.05, 0.1) is 4.90 Å². The molecule has 2 rings (SSSR count). The molecule has 8 heteroatoms. The van der Waals surface area contributed by atoms with Crippen molar-refractivity contribution in [2.75, 3.05) is 19.6 Å². The summed E-state index contributed by atoms with van der Waals surface area (Å²) in [5.41, 5.74) is 5.76. The summed E-state index contributed by atoms with van der Waals surface area (Å²) in [6, 6.07) is 3.80. The van der Waals surface area contributed by atoms with E-state index in [-0.39, 0.29) is 18.0 Å². The van der Waals surface area contributed by atoms with E-state index >= 15 is 0 Å². The van der Waals surface area contributed by atoms with E-state index in [9.17, 15) is 13.2 Å². The van der Waals surface area contributed by atoms with Gasteiger partial charge in [0.2, 0.25) is 15.9 Å². The van der Waals surface area contributed by atoms with Crippen molar-refractivity contribution in [3.05, 3.63) is 28.8 Å². The number of amides is 1. The number of piperazine rings is 1. The molecule has 0 aliphatic carbocycles. The van der Waals surface area contributed by atoms with E-state index < -0.39 is 22.0 Å². The molecule has 1 aromatic carbocycles. The number of hydrogen-bond donors (Lipinski definition) is 2. The topological polar surface area (TPSA) is 92.5 Å². The van der Waals surface area contributed by atoms with Crippen LogP contribution in [0.1, 0.15) is 5.56 Å². The van der Waals surface area contributed by atoms with Gasteiger partial charge in [-0.25, -0.2) is 8.42 Å². The van der Waals surface area contributed by atoms with Gasteiger partial charge in [-0.15, -0.1) is 0 Å². The quantitative estimate of drug-likeness (QED) is 0.826. The molecule has 1 atom stereocenters. The van der Waals surface area contributed by atoms with Crippen LogP contribution in [0.5, 0.6) is 0 Å². The molecule has 110 valence electrons. The lowest BCUT2D eigenvalue weighted by Crippen LogP contribution is -2.58. The molecule has 0 spiro atoms. The van der Waals surface area contributed by atoms with Crippen LogP contribution in [-0.4, -0.2) is 44.3 Å². The molecule has 1 aliphatic rings. The van der Waals surface area contributed by atoms with E-state index in [1.54, 1.807) is 19.1 Å². The summed E-state index contributed by atoms with van der Waals surface area (Å²) >= 11 is 5.97. The zero-order valence-electron chi connectivity index (χ0n) is 11.0. The average molecular weight is 318 g/mol. The summed E-state index contributed by atoms with van der Waals surface area (Å²) in [6.07, 6.45) is 0. The van der Waals surface area contributed by atoms with Crippen LogP contribution < -0.4 is 11.1 Å². The van der Waals surface area contributed by atoms with E-state index in [1.165, 1.54) is 6.07 Å². The second-order valence-corrected chi connectivity index (χ2v) is 6.87. The number of hydrogen-bond acceptors (Lipinski definition) is 4. The normalized spacial score (nSPS) is 20.8. The first-order valence-corrected chi connectivity index (χ1v) is 7.94. The maximum absolute atomic E-state index is 12.7. The molecular weight excluding hydrogens is 302 g/mol. The SMILES string of the molecule is Cc1c(Cl)cccc1S(=O)(=O)N1CCNCC1C(N)=O. The number of nitrogens with zero attached hydrogens (tertiary/aromatic N) is 1. The smallest absolute Gasteiger partial charge is 0.244 e. The standard InChI is InChI=1S/C12H16ClN3O3S/c1-8-9(13)3-2-4-11(8)20(18,19)16-6-5-15-7-10(16)12(14)17/h2-4,10,15H,5-7H2,1H3,(H2,14,17). The lowest BCUT2D eigenvalue weighted by atomic mass is 10.2. The maximum Gasteiger partial charge on any atom is 0.244 e. The minimum Gasteiger partial charge on any atom is -0.368 e. The highest BCUT2D eigenvalue weighted by Crippen LogP contribution is 2.27. The van der Waals surface area contributed by atoms with Crippen molar-refractivity contribution >= 4 is 27.5 Å². The number of sulfonamides is 1. The van der Waals surface area contributed by atoms with Crippen LogP contribution in [0.2, 0.25) is 5.02 Å². The second kappa shape index (κ2) is 5.69. The first kappa shape index (κ1) is 15.2. The van der Waals surface area contributed by atoms with Gasteiger partial charge >= 0.3 is 0 Å². The highest BCUT2D eigenvalue weighted by Gasteiger charge is 2.37. The predicted molar refractivity (Wildman–Crippen MR) is 75.9 cm³/mol. The van der Waals surface area contributed by atoms with Crippen molar-refractivity contribution in [3.63, 3.8) is 0 Å². The highest BCUT2D eigenvalue weighted by molar-refractivity contribution is 7.89. The maximum atomic E-state index is 12.7. The molecule has 0 aromatic heterocycles. The second-order valence-electron chi connectivity index (χ2n) is 4.60. The molecule has 1 heterocycles. The Labute approximate surface area is 122 Å². The van der Waals surface area contributed by atoms with E-state index in [0.29, 0.717) is 17.1 Å². The number of nitrogens with one attached hydrogen (secondary N) is 1. The number of carbonyl (C=O) groups is 1. The number of rotatable bonds is 3. The molecule has 1 saturated heterocycles. The van der Waals surface area contributed by atoms with Crippen LogP contribution in [0.15, 0.2) is 23.1 Å². The molecule has 1 unspecified atom stereocenters. The molecule has 3 N–H and O–H groups in total. The molecule has 6 nitrogen and oxygen atoms in total. The van der Waals surface area contributed by atoms with Crippen molar-refractivity contribution in [2.45, 2.75) is 17.9 Å². The van der Waals surface area contributed by atoms with Crippen LogP contribution in [0.25, 0.3) is 0 Å². The van der Waals surface area contributed by atoms with Crippen molar-refractivity contribution in [1.29, 1.82) is 0 Å². The third kappa shape index (κ3) is 2.67. The van der Waals surface area contributed by atoms with Gasteiger partial charge < -0.3 is 11.1 Å². The van der Waals surface area contributed by atoms with Gasteiger partial charge in [-0.2, -0.15) is 4.31 Å². The summed E-state index contributed by atoms with van der Waals surface area (Å²) in [5.74, 6) is -0.666. The molecule has 1 fully saturated rings. The van der Waals surface area contributed by atoms with Crippen LogP contribution in [0.4, 0.5) is 0 Å². The van der Waals surface area contributed by atoms with Gasteiger partial charge in [0.1, 0.15) is 6.04 Å². The van der Waals surface area contributed by atoms with E-state index in [4.69, 9.17) is 17.3 Å². The van der Waals surface area contributed by atoms with Crippen molar-refractivity contribution in [3.8, 4) is 0 Å². The Hall–Kier alpha value is -1.15. The molecule has 1 aliphatic heterocycles. The van der Waals surface area contributed by atoms with Gasteiger partial charge in [-0.05, 0) is 24.6 Å². The van der Waals surface area contributed by atoms with Crippen molar-refractivity contribution in [1.82, 2.24) is 9.62 Å². The Bertz CT molecular complexity index is 633. The summed E-state index contributed by atoms with van der Waals surface area (Å²) in [7, 11) is -3.80. The predicted octanol–water partition coefficient (Wildman–Crippen LogP) is 0.0962. The van der Waals surface area contributed by atoms with Crippen LogP contribution in [-0.2, 0) is 14.8 Å². The largest absolute Gasteiger partial charge is 0.368 e. The number of nitrogens with two attached hydrogens (primary N) is 1. The number of primary amides is 1. The lowest BCUT2D eigenvalue weighted by Gasteiger charge is -2.33. The van der Waals surface area contributed by atoms with Gasteiger partial charge in [0.25, 0.3) is 0 Å². The Morgan fingerprint density at radius 3 is 2.85 bits per heavy atom. The summed E-state index contributed by atoms with van der Waals surface area (Å²) in [5, 5.41) is 3.33. The fourth-order valence-electron chi connectivity index (χ4n) is 2.21. The number of halogens is 1. The summed E-state index contributed by atoms with van der Waals surface area (Å²) < 4.78 is 26.6. The number of carbonyl (C=O) groups excluding carboxylic acids is 1. The van der Waals surface area contributed by atoms with Crippen LogP contribution in [0, 0.1) is 6.92 Å². The first-order valence-electron chi connectivity index (χ1n) is 6.12. The molecule has 0 bridgehead atoms. The van der Waals surface area contributed by atoms with Crippen molar-refractivity contribution in [2.24, 2.45) is 5.73 Å². The van der Waals surface area contributed by atoms with Gasteiger partial charge in [-0.3, -0.25) is 4.79 Å².